The Morgan fingerprint density at radius 2 is 2.53 bits per heavy atom. The van der Waals surface area contributed by atoms with Crippen molar-refractivity contribution < 1.29 is 13.9 Å². The molecule has 0 aliphatic heterocycles. The van der Waals surface area contributed by atoms with E-state index in [1.165, 1.54) is 6.39 Å². The maximum atomic E-state index is 11.5. The van der Waals surface area contributed by atoms with Gasteiger partial charge in [-0.2, -0.15) is 0 Å². The highest BCUT2D eigenvalue weighted by Gasteiger charge is 2.17. The molecular weight excluding hydrogens is 194 g/mol. The van der Waals surface area contributed by atoms with E-state index in [0.717, 1.165) is 12.8 Å². The molecule has 4 nitrogen and oxygen atoms in total. The monoisotopic (exact) mass is 209 g/mol. The first-order valence-corrected chi connectivity index (χ1v) is 4.87. The summed E-state index contributed by atoms with van der Waals surface area (Å²) in [5.74, 6) is 0.0498. The third kappa shape index (κ3) is 3.23. The average Bonchev–Trinajstić information content (AvgIpc) is 2.61. The summed E-state index contributed by atoms with van der Waals surface area (Å²) in [5.41, 5.74) is 0.250. The Balaban J connectivity index is 2.49. The molecule has 0 bridgehead atoms. The first kappa shape index (κ1) is 11.5. The molecule has 0 aromatic carbocycles. The van der Waals surface area contributed by atoms with E-state index < -0.39 is 5.97 Å². The van der Waals surface area contributed by atoms with Gasteiger partial charge in [-0.15, -0.1) is 6.58 Å². The molecule has 0 N–H and O–H groups in total. The highest BCUT2D eigenvalue weighted by atomic mass is 16.5. The van der Waals surface area contributed by atoms with E-state index in [0.29, 0.717) is 5.76 Å². The number of esters is 1. The van der Waals surface area contributed by atoms with Crippen molar-refractivity contribution in [1.29, 1.82) is 0 Å². The summed E-state index contributed by atoms with van der Waals surface area (Å²) in [7, 11) is 0. The second-order valence-corrected chi connectivity index (χ2v) is 3.34. The molecule has 0 fully saturated rings. The van der Waals surface area contributed by atoms with Crippen molar-refractivity contribution in [1.82, 2.24) is 4.98 Å². The number of rotatable bonds is 5. The molecule has 0 saturated heterocycles. The topological polar surface area (TPSA) is 52.3 Å². The summed E-state index contributed by atoms with van der Waals surface area (Å²) < 4.78 is 10.1. The van der Waals surface area contributed by atoms with E-state index in [2.05, 4.69) is 11.6 Å². The molecule has 4 heteroatoms. The van der Waals surface area contributed by atoms with Crippen molar-refractivity contribution in [3.05, 3.63) is 30.5 Å². The minimum atomic E-state index is -0.433. The van der Waals surface area contributed by atoms with Crippen LogP contribution in [0.5, 0.6) is 0 Å². The lowest BCUT2D eigenvalue weighted by molar-refractivity contribution is 0.0318. The van der Waals surface area contributed by atoms with Crippen molar-refractivity contribution in [2.75, 3.05) is 0 Å². The number of carbonyl (C=O) groups is 1. The van der Waals surface area contributed by atoms with Gasteiger partial charge in [-0.1, -0.05) is 6.08 Å². The third-order valence-electron chi connectivity index (χ3n) is 2.02. The molecule has 82 valence electrons. The lowest BCUT2D eigenvalue weighted by Gasteiger charge is -2.10. The van der Waals surface area contributed by atoms with Crippen molar-refractivity contribution in [2.45, 2.75) is 32.8 Å². The molecule has 0 spiro atoms. The van der Waals surface area contributed by atoms with Gasteiger partial charge in [0.15, 0.2) is 12.1 Å². The maximum absolute atomic E-state index is 11.5. The second kappa shape index (κ2) is 5.34. The Labute approximate surface area is 89.0 Å². The average molecular weight is 209 g/mol. The molecule has 15 heavy (non-hydrogen) atoms. The largest absolute Gasteiger partial charge is 0.458 e. The first-order valence-electron chi connectivity index (χ1n) is 4.87. The Morgan fingerprint density at radius 3 is 3.07 bits per heavy atom. The minimum absolute atomic E-state index is 0.133. The van der Waals surface area contributed by atoms with Crippen LogP contribution in [-0.2, 0) is 4.74 Å². The molecule has 0 radical (unpaired) electrons. The summed E-state index contributed by atoms with van der Waals surface area (Å²) in [6.07, 6.45) is 4.50. The molecule has 1 atom stereocenters. The highest BCUT2D eigenvalue weighted by Crippen LogP contribution is 2.10. The standard InChI is InChI=1S/C11H15NO3/c1-4-5-6-8(2)15-11(13)10-9(3)14-7-12-10/h4,7-8H,1,5-6H2,2-3H3/t8-/m1/s1. The first-order chi connectivity index (χ1) is 7.15. The highest BCUT2D eigenvalue weighted by molar-refractivity contribution is 5.88. The molecule has 0 unspecified atom stereocenters. The van der Waals surface area contributed by atoms with Crippen molar-refractivity contribution >= 4 is 5.97 Å². The van der Waals surface area contributed by atoms with Gasteiger partial charge in [-0.05, 0) is 26.7 Å². The number of carbonyl (C=O) groups excluding carboxylic acids is 1. The molecule has 1 rings (SSSR count). The zero-order valence-electron chi connectivity index (χ0n) is 9.03. The van der Waals surface area contributed by atoms with Gasteiger partial charge in [-0.25, -0.2) is 9.78 Å². The fraction of sp³-hybridized carbons (Fsp3) is 0.455. The molecule has 0 saturated carbocycles. The summed E-state index contributed by atoms with van der Waals surface area (Å²) in [5, 5.41) is 0. The van der Waals surface area contributed by atoms with Gasteiger partial charge < -0.3 is 9.15 Å². The molecule has 0 aliphatic carbocycles. The Kier molecular flexibility index (Phi) is 4.09. The van der Waals surface area contributed by atoms with Crippen LogP contribution in [0.2, 0.25) is 0 Å². The predicted octanol–water partition coefficient (Wildman–Crippen LogP) is 2.49. The van der Waals surface area contributed by atoms with Crippen molar-refractivity contribution in [2.24, 2.45) is 0 Å². The zero-order valence-corrected chi connectivity index (χ0v) is 9.03. The van der Waals surface area contributed by atoms with E-state index in [4.69, 9.17) is 9.15 Å². The summed E-state index contributed by atoms with van der Waals surface area (Å²) in [6.45, 7) is 7.13. The fourth-order valence-electron chi connectivity index (χ4n) is 1.15. The number of hydrogen-bond donors (Lipinski definition) is 0. The van der Waals surface area contributed by atoms with Crippen molar-refractivity contribution in [3.8, 4) is 0 Å². The molecule has 1 heterocycles. The Morgan fingerprint density at radius 1 is 1.80 bits per heavy atom. The second-order valence-electron chi connectivity index (χ2n) is 3.34. The van der Waals surface area contributed by atoms with Crippen LogP contribution in [0.3, 0.4) is 0 Å². The third-order valence-corrected chi connectivity index (χ3v) is 2.02. The summed E-state index contributed by atoms with van der Waals surface area (Å²) >= 11 is 0. The number of nitrogens with zero attached hydrogens (tertiary/aromatic N) is 1. The lowest BCUT2D eigenvalue weighted by Crippen LogP contribution is -2.15. The molecule has 1 aromatic rings. The zero-order chi connectivity index (χ0) is 11.3. The maximum Gasteiger partial charge on any atom is 0.360 e. The number of oxazole rings is 1. The van der Waals surface area contributed by atoms with Crippen LogP contribution in [0.25, 0.3) is 0 Å². The van der Waals surface area contributed by atoms with E-state index in [1.54, 1.807) is 13.0 Å². The molecular formula is C11H15NO3. The molecule has 1 aromatic heterocycles. The number of ether oxygens (including phenoxy) is 1. The van der Waals surface area contributed by atoms with E-state index >= 15 is 0 Å². The van der Waals surface area contributed by atoms with Crippen LogP contribution in [0, 0.1) is 6.92 Å². The number of aromatic nitrogens is 1. The quantitative estimate of drug-likeness (QED) is 0.552. The normalized spacial score (nSPS) is 12.1. The summed E-state index contributed by atoms with van der Waals surface area (Å²) in [4.78, 5) is 15.3. The summed E-state index contributed by atoms with van der Waals surface area (Å²) in [6, 6.07) is 0. The van der Waals surface area contributed by atoms with Crippen LogP contribution < -0.4 is 0 Å². The van der Waals surface area contributed by atoms with Crippen LogP contribution in [0.1, 0.15) is 36.0 Å². The Bertz CT molecular complexity index is 343. The van der Waals surface area contributed by atoms with Gasteiger partial charge in [0.05, 0.1) is 6.10 Å². The number of aryl methyl sites for hydroxylation is 1. The van der Waals surface area contributed by atoms with Crippen molar-refractivity contribution in [3.63, 3.8) is 0 Å². The van der Waals surface area contributed by atoms with Gasteiger partial charge in [0.2, 0.25) is 0 Å². The fourth-order valence-corrected chi connectivity index (χ4v) is 1.15. The van der Waals surface area contributed by atoms with Gasteiger partial charge in [-0.3, -0.25) is 0 Å². The van der Waals surface area contributed by atoms with E-state index in [-0.39, 0.29) is 11.8 Å². The van der Waals surface area contributed by atoms with Crippen LogP contribution in [0.4, 0.5) is 0 Å². The lowest BCUT2D eigenvalue weighted by atomic mass is 10.2. The van der Waals surface area contributed by atoms with E-state index in [1.807, 2.05) is 6.92 Å². The number of allylic oxidation sites excluding steroid dienone is 1. The molecule has 0 amide bonds. The Hall–Kier alpha value is -1.58. The van der Waals surface area contributed by atoms with Crippen LogP contribution >= 0.6 is 0 Å². The molecule has 0 aliphatic rings. The SMILES string of the molecule is C=CCC[C@@H](C)OC(=O)c1ncoc1C. The minimum Gasteiger partial charge on any atom is -0.458 e. The van der Waals surface area contributed by atoms with Gasteiger partial charge in [0.1, 0.15) is 5.76 Å². The van der Waals surface area contributed by atoms with Gasteiger partial charge in [0.25, 0.3) is 0 Å². The van der Waals surface area contributed by atoms with Gasteiger partial charge >= 0.3 is 5.97 Å². The van der Waals surface area contributed by atoms with Crippen LogP contribution in [0.15, 0.2) is 23.5 Å². The number of hydrogen-bond acceptors (Lipinski definition) is 4. The van der Waals surface area contributed by atoms with Crippen LogP contribution in [-0.4, -0.2) is 17.1 Å². The van der Waals surface area contributed by atoms with E-state index in [9.17, 15) is 4.79 Å². The predicted molar refractivity (Wildman–Crippen MR) is 55.5 cm³/mol. The van der Waals surface area contributed by atoms with Gasteiger partial charge in [0, 0.05) is 0 Å². The smallest absolute Gasteiger partial charge is 0.360 e.